The number of hydrogen-bond acceptors (Lipinski definition) is 4. The Labute approximate surface area is 185 Å². The predicted molar refractivity (Wildman–Crippen MR) is 119 cm³/mol. The summed E-state index contributed by atoms with van der Waals surface area (Å²) in [4.78, 5) is 22.3. The summed E-state index contributed by atoms with van der Waals surface area (Å²) in [5.41, 5.74) is 8.71. The second-order valence-corrected chi connectivity index (χ2v) is 8.59. The van der Waals surface area contributed by atoms with Crippen LogP contribution in [0.3, 0.4) is 0 Å². The molecule has 2 aliphatic rings. The van der Waals surface area contributed by atoms with E-state index in [0.717, 1.165) is 53.9 Å². The van der Waals surface area contributed by atoms with Crippen molar-refractivity contribution in [2.75, 3.05) is 13.1 Å². The second kappa shape index (κ2) is 7.99. The maximum absolute atomic E-state index is 12.8. The van der Waals surface area contributed by atoms with Crippen molar-refractivity contribution in [1.29, 1.82) is 0 Å². The van der Waals surface area contributed by atoms with Gasteiger partial charge in [0, 0.05) is 34.3 Å². The van der Waals surface area contributed by atoms with Crippen molar-refractivity contribution in [3.8, 4) is 22.5 Å². The average molecular weight is 439 g/mol. The highest BCUT2D eigenvalue weighted by Gasteiger charge is 2.24. The summed E-state index contributed by atoms with van der Waals surface area (Å²) in [5.74, 6) is -0.233. The summed E-state index contributed by atoms with van der Waals surface area (Å²) in [6, 6.07) is 11.5. The van der Waals surface area contributed by atoms with Crippen molar-refractivity contribution in [1.82, 2.24) is 20.4 Å². The Hall–Kier alpha value is -2.47. The lowest BCUT2D eigenvalue weighted by atomic mass is 10.00. The molecule has 0 unspecified atom stereocenters. The molecule has 5 nitrogen and oxygen atoms in total. The molecule has 0 spiro atoms. The number of nitrogens with zero attached hydrogens (tertiary/aromatic N) is 3. The molecule has 0 atom stereocenters. The van der Waals surface area contributed by atoms with Crippen LogP contribution in [0.2, 0.25) is 10.0 Å². The third kappa shape index (κ3) is 3.69. The first-order valence-corrected chi connectivity index (χ1v) is 10.8. The van der Waals surface area contributed by atoms with Crippen LogP contribution in [0.4, 0.5) is 0 Å². The van der Waals surface area contributed by atoms with Gasteiger partial charge < -0.3 is 0 Å². The van der Waals surface area contributed by atoms with E-state index in [4.69, 9.17) is 28.2 Å². The Balaban J connectivity index is 1.60. The van der Waals surface area contributed by atoms with E-state index >= 15 is 0 Å². The number of rotatable bonds is 2. The lowest BCUT2D eigenvalue weighted by Crippen LogP contribution is -2.45. The third-order valence-corrected chi connectivity index (χ3v) is 6.12. The highest BCUT2D eigenvalue weighted by atomic mass is 35.5. The Bertz CT molecular complexity index is 1140. The van der Waals surface area contributed by atoms with Gasteiger partial charge in [0.25, 0.3) is 5.91 Å². The lowest BCUT2D eigenvalue weighted by Gasteiger charge is -2.26. The fourth-order valence-electron chi connectivity index (χ4n) is 4.17. The largest absolute Gasteiger partial charge is 0.285 e. The first-order chi connectivity index (χ1) is 14.6. The highest BCUT2D eigenvalue weighted by molar-refractivity contribution is 6.31. The molecule has 0 bridgehead atoms. The maximum atomic E-state index is 12.8. The molecule has 0 saturated carbocycles. The van der Waals surface area contributed by atoms with E-state index in [0.29, 0.717) is 27.9 Å². The molecular formula is C23H20Cl2N4O. The molecule has 2 aromatic carbocycles. The maximum Gasteiger partial charge on any atom is 0.285 e. The van der Waals surface area contributed by atoms with Gasteiger partial charge in [-0.3, -0.25) is 15.2 Å². The van der Waals surface area contributed by atoms with Crippen LogP contribution in [0.15, 0.2) is 42.6 Å². The summed E-state index contributed by atoms with van der Waals surface area (Å²) < 4.78 is 0. The zero-order chi connectivity index (χ0) is 20.7. The number of fused-ring (bicyclic) bond motifs is 5. The van der Waals surface area contributed by atoms with Gasteiger partial charge in [-0.05, 0) is 54.7 Å². The quantitative estimate of drug-likeness (QED) is 0.469. The van der Waals surface area contributed by atoms with Crippen LogP contribution in [0, 0.1) is 0 Å². The number of hydrogen-bond donors (Lipinski definition) is 1. The minimum atomic E-state index is -0.233. The summed E-state index contributed by atoms with van der Waals surface area (Å²) in [7, 11) is 0. The Morgan fingerprint density at radius 1 is 0.900 bits per heavy atom. The highest BCUT2D eigenvalue weighted by Crippen LogP contribution is 2.40. The molecule has 1 N–H and O–H groups in total. The number of carbonyl (C=O) groups is 1. The Kier molecular flexibility index (Phi) is 5.19. The average Bonchev–Trinajstić information content (AvgIpc) is 2.87. The molecule has 3 aromatic rings. The smallest absolute Gasteiger partial charge is 0.283 e. The normalized spacial score (nSPS) is 15.5. The van der Waals surface area contributed by atoms with Gasteiger partial charge in [0.05, 0.1) is 17.6 Å². The zero-order valence-electron chi connectivity index (χ0n) is 16.3. The van der Waals surface area contributed by atoms with Crippen molar-refractivity contribution in [3.05, 3.63) is 69.5 Å². The van der Waals surface area contributed by atoms with Gasteiger partial charge in [0.1, 0.15) is 5.69 Å². The van der Waals surface area contributed by atoms with Crippen molar-refractivity contribution in [2.24, 2.45) is 0 Å². The van der Waals surface area contributed by atoms with Crippen molar-refractivity contribution in [3.63, 3.8) is 0 Å². The number of aromatic nitrogens is 2. The molecule has 2 heterocycles. The van der Waals surface area contributed by atoms with E-state index in [2.05, 4.69) is 10.4 Å². The number of benzene rings is 2. The van der Waals surface area contributed by atoms with Crippen LogP contribution >= 0.6 is 23.2 Å². The van der Waals surface area contributed by atoms with Gasteiger partial charge in [-0.1, -0.05) is 41.8 Å². The molecule has 1 fully saturated rings. The van der Waals surface area contributed by atoms with Crippen LogP contribution in [-0.4, -0.2) is 34.0 Å². The molecule has 1 amide bonds. The summed E-state index contributed by atoms with van der Waals surface area (Å²) in [6.45, 7) is 1.72. The summed E-state index contributed by atoms with van der Waals surface area (Å²) in [6.07, 6.45) is 5.59. The fourth-order valence-corrected chi connectivity index (χ4v) is 4.56. The monoisotopic (exact) mass is 438 g/mol. The van der Waals surface area contributed by atoms with Crippen LogP contribution in [0.5, 0.6) is 0 Å². The van der Waals surface area contributed by atoms with Gasteiger partial charge in [0.2, 0.25) is 0 Å². The fraction of sp³-hybridized carbons (Fsp3) is 0.261. The lowest BCUT2D eigenvalue weighted by molar-refractivity contribution is 0.0744. The zero-order valence-corrected chi connectivity index (χ0v) is 17.8. The number of nitrogens with one attached hydrogen (secondary N) is 1. The standard InChI is InChI=1S/C23H20Cl2N4O/c24-16-4-6-18-14(11-16)10-15-12-17(25)5-7-19(15)22-21(18)26-13-20(27-22)23(30)28-29-8-2-1-3-9-29/h4-7,11-13H,1-3,8-10H2,(H,28,30). The van der Waals surface area contributed by atoms with E-state index in [1.807, 2.05) is 41.4 Å². The topological polar surface area (TPSA) is 58.1 Å². The molecule has 30 heavy (non-hydrogen) atoms. The number of hydrazine groups is 1. The van der Waals surface area contributed by atoms with Crippen molar-refractivity contribution >= 4 is 29.1 Å². The number of halogens is 2. The van der Waals surface area contributed by atoms with Gasteiger partial charge >= 0.3 is 0 Å². The predicted octanol–water partition coefficient (Wildman–Crippen LogP) is 5.15. The molecule has 7 heteroatoms. The second-order valence-electron chi connectivity index (χ2n) is 7.72. The van der Waals surface area contributed by atoms with Crippen LogP contribution in [0.25, 0.3) is 22.5 Å². The van der Waals surface area contributed by atoms with Crippen LogP contribution < -0.4 is 5.43 Å². The minimum Gasteiger partial charge on any atom is -0.283 e. The van der Waals surface area contributed by atoms with Crippen LogP contribution in [0.1, 0.15) is 40.9 Å². The molecule has 1 aliphatic carbocycles. The minimum absolute atomic E-state index is 0.233. The third-order valence-electron chi connectivity index (χ3n) is 5.65. The molecule has 152 valence electrons. The first-order valence-electron chi connectivity index (χ1n) is 10.1. The Morgan fingerprint density at radius 2 is 1.53 bits per heavy atom. The van der Waals surface area contributed by atoms with Gasteiger partial charge in [-0.25, -0.2) is 9.99 Å². The number of amides is 1. The van der Waals surface area contributed by atoms with Gasteiger partial charge in [-0.2, -0.15) is 0 Å². The van der Waals surface area contributed by atoms with Crippen molar-refractivity contribution in [2.45, 2.75) is 25.7 Å². The van der Waals surface area contributed by atoms with Crippen LogP contribution in [-0.2, 0) is 6.42 Å². The van der Waals surface area contributed by atoms with E-state index in [1.165, 1.54) is 6.42 Å². The van der Waals surface area contributed by atoms with E-state index < -0.39 is 0 Å². The molecule has 1 aromatic heterocycles. The van der Waals surface area contributed by atoms with Gasteiger partial charge in [-0.15, -0.1) is 0 Å². The van der Waals surface area contributed by atoms with E-state index in [-0.39, 0.29) is 5.91 Å². The summed E-state index contributed by atoms with van der Waals surface area (Å²) in [5, 5.41) is 3.29. The van der Waals surface area contributed by atoms with Gasteiger partial charge in [0.15, 0.2) is 0 Å². The Morgan fingerprint density at radius 3 is 2.20 bits per heavy atom. The number of piperidine rings is 1. The molecular weight excluding hydrogens is 419 g/mol. The SMILES string of the molecule is O=C(NN1CCCCC1)c1cnc2c(n1)-c1ccc(Cl)cc1Cc1cc(Cl)ccc1-2. The van der Waals surface area contributed by atoms with Crippen molar-refractivity contribution < 1.29 is 4.79 Å². The first kappa shape index (κ1) is 19.5. The molecule has 5 rings (SSSR count). The van der Waals surface area contributed by atoms with E-state index in [9.17, 15) is 4.79 Å². The summed E-state index contributed by atoms with van der Waals surface area (Å²) >= 11 is 12.5. The van der Waals surface area contributed by atoms with E-state index in [1.54, 1.807) is 6.20 Å². The molecule has 0 radical (unpaired) electrons. The number of carbonyl (C=O) groups excluding carboxylic acids is 1. The molecule has 1 aliphatic heterocycles. The molecule has 1 saturated heterocycles.